The zero-order valence-corrected chi connectivity index (χ0v) is 11.9. The van der Waals surface area contributed by atoms with Crippen LogP contribution >= 0.6 is 0 Å². The summed E-state index contributed by atoms with van der Waals surface area (Å²) in [6, 6.07) is 3.80. The third-order valence-corrected chi connectivity index (χ3v) is 3.35. The first-order chi connectivity index (χ1) is 9.70. The molecule has 5 nitrogen and oxygen atoms in total. The monoisotopic (exact) mass is 275 g/mol. The van der Waals surface area contributed by atoms with Crippen molar-refractivity contribution in [2.45, 2.75) is 45.6 Å². The average molecular weight is 275 g/mol. The van der Waals surface area contributed by atoms with Crippen LogP contribution in [0.3, 0.4) is 0 Å². The third kappa shape index (κ3) is 3.79. The molecule has 2 rings (SSSR count). The second-order valence-electron chi connectivity index (χ2n) is 5.04. The largest absolute Gasteiger partial charge is 0.385 e. The number of nitrogens with one attached hydrogen (secondary N) is 1. The molecule has 1 aromatic heterocycles. The molecule has 5 heteroatoms. The number of hydrogen-bond donors (Lipinski definition) is 1. The summed E-state index contributed by atoms with van der Waals surface area (Å²) in [5.41, 5.74) is 1.72. The SMILES string of the molecule is CCCNc1ccnc(CN2C(=O)CCCCC2=O)c1. The molecule has 20 heavy (non-hydrogen) atoms. The molecule has 1 aliphatic rings. The first-order valence-electron chi connectivity index (χ1n) is 7.22. The molecule has 1 aliphatic heterocycles. The Bertz CT molecular complexity index is 470. The van der Waals surface area contributed by atoms with E-state index in [2.05, 4.69) is 17.2 Å². The Hall–Kier alpha value is -1.91. The summed E-state index contributed by atoms with van der Waals surface area (Å²) in [7, 11) is 0. The highest BCUT2D eigenvalue weighted by atomic mass is 16.2. The van der Waals surface area contributed by atoms with E-state index in [-0.39, 0.29) is 18.4 Å². The van der Waals surface area contributed by atoms with Crippen LogP contribution in [0.2, 0.25) is 0 Å². The molecule has 2 heterocycles. The Morgan fingerprint density at radius 3 is 2.60 bits per heavy atom. The van der Waals surface area contributed by atoms with E-state index in [0.29, 0.717) is 12.8 Å². The van der Waals surface area contributed by atoms with Gasteiger partial charge in [0.05, 0.1) is 12.2 Å². The number of hydrogen-bond acceptors (Lipinski definition) is 4. The van der Waals surface area contributed by atoms with E-state index in [1.54, 1.807) is 6.20 Å². The molecule has 0 spiro atoms. The maximum atomic E-state index is 11.9. The second kappa shape index (κ2) is 7.03. The van der Waals surface area contributed by atoms with E-state index in [0.717, 1.165) is 37.2 Å². The van der Waals surface area contributed by atoms with Crippen LogP contribution in [0.25, 0.3) is 0 Å². The molecule has 0 saturated carbocycles. The van der Waals surface area contributed by atoms with E-state index in [4.69, 9.17) is 0 Å². The predicted molar refractivity (Wildman–Crippen MR) is 77.0 cm³/mol. The summed E-state index contributed by atoms with van der Waals surface area (Å²) < 4.78 is 0. The summed E-state index contributed by atoms with van der Waals surface area (Å²) in [6.07, 6.45) is 5.26. The van der Waals surface area contributed by atoms with Crippen LogP contribution in [0.1, 0.15) is 44.7 Å². The molecule has 1 fully saturated rings. The van der Waals surface area contributed by atoms with Gasteiger partial charge in [0.2, 0.25) is 11.8 Å². The van der Waals surface area contributed by atoms with E-state index in [1.807, 2.05) is 12.1 Å². The molecule has 0 atom stereocenters. The highest BCUT2D eigenvalue weighted by Gasteiger charge is 2.24. The van der Waals surface area contributed by atoms with Crippen molar-refractivity contribution in [3.63, 3.8) is 0 Å². The van der Waals surface area contributed by atoms with Gasteiger partial charge < -0.3 is 5.32 Å². The van der Waals surface area contributed by atoms with Crippen LogP contribution in [-0.2, 0) is 16.1 Å². The Kier molecular flexibility index (Phi) is 5.09. The van der Waals surface area contributed by atoms with Crippen LogP contribution in [-0.4, -0.2) is 28.2 Å². The summed E-state index contributed by atoms with van der Waals surface area (Å²) >= 11 is 0. The van der Waals surface area contributed by atoms with Crippen molar-refractivity contribution in [1.29, 1.82) is 0 Å². The molecule has 108 valence electrons. The number of nitrogens with zero attached hydrogens (tertiary/aromatic N) is 2. The minimum atomic E-state index is -0.0822. The molecule has 0 aromatic carbocycles. The topological polar surface area (TPSA) is 62.3 Å². The van der Waals surface area contributed by atoms with Crippen LogP contribution in [0.5, 0.6) is 0 Å². The van der Waals surface area contributed by atoms with E-state index < -0.39 is 0 Å². The molecule has 0 unspecified atom stereocenters. The Labute approximate surface area is 119 Å². The highest BCUT2D eigenvalue weighted by molar-refractivity contribution is 5.95. The molecule has 1 N–H and O–H groups in total. The van der Waals surface area contributed by atoms with Crippen molar-refractivity contribution in [2.24, 2.45) is 0 Å². The smallest absolute Gasteiger partial charge is 0.229 e. The molecule has 0 aliphatic carbocycles. The van der Waals surface area contributed by atoms with Gasteiger partial charge in [0.15, 0.2) is 0 Å². The normalized spacial score (nSPS) is 16.1. The van der Waals surface area contributed by atoms with E-state index in [1.165, 1.54) is 4.90 Å². The zero-order chi connectivity index (χ0) is 14.4. The zero-order valence-electron chi connectivity index (χ0n) is 11.9. The Morgan fingerprint density at radius 2 is 1.95 bits per heavy atom. The Balaban J connectivity index is 2.07. The fraction of sp³-hybridized carbons (Fsp3) is 0.533. The van der Waals surface area contributed by atoms with Crippen molar-refractivity contribution in [1.82, 2.24) is 9.88 Å². The first kappa shape index (κ1) is 14.5. The molecular formula is C15H21N3O2. The lowest BCUT2D eigenvalue weighted by molar-refractivity contribution is -0.144. The lowest BCUT2D eigenvalue weighted by Gasteiger charge is -2.18. The fourth-order valence-corrected chi connectivity index (χ4v) is 2.24. The van der Waals surface area contributed by atoms with Crippen LogP contribution in [0.15, 0.2) is 18.3 Å². The molecule has 0 radical (unpaired) electrons. The maximum Gasteiger partial charge on any atom is 0.229 e. The van der Waals surface area contributed by atoms with Crippen LogP contribution < -0.4 is 5.32 Å². The number of carbonyl (C=O) groups excluding carboxylic acids is 2. The number of aromatic nitrogens is 1. The van der Waals surface area contributed by atoms with Crippen LogP contribution in [0, 0.1) is 0 Å². The van der Waals surface area contributed by atoms with Gasteiger partial charge in [-0.05, 0) is 31.4 Å². The first-order valence-corrected chi connectivity index (χ1v) is 7.22. The Morgan fingerprint density at radius 1 is 1.25 bits per heavy atom. The van der Waals surface area contributed by atoms with Gasteiger partial charge in [0.25, 0.3) is 0 Å². The van der Waals surface area contributed by atoms with Gasteiger partial charge in [0.1, 0.15) is 0 Å². The molecule has 0 bridgehead atoms. The van der Waals surface area contributed by atoms with Gasteiger partial charge in [-0.2, -0.15) is 0 Å². The number of rotatable bonds is 5. The summed E-state index contributed by atoms with van der Waals surface area (Å²) in [6.45, 7) is 3.27. The van der Waals surface area contributed by atoms with Gasteiger partial charge in [-0.15, -0.1) is 0 Å². The van der Waals surface area contributed by atoms with Crippen molar-refractivity contribution in [2.75, 3.05) is 11.9 Å². The quantitative estimate of drug-likeness (QED) is 0.838. The number of pyridine rings is 1. The molecular weight excluding hydrogens is 254 g/mol. The predicted octanol–water partition coefficient (Wildman–Crippen LogP) is 2.33. The molecule has 1 saturated heterocycles. The van der Waals surface area contributed by atoms with Gasteiger partial charge in [-0.3, -0.25) is 19.5 Å². The third-order valence-electron chi connectivity index (χ3n) is 3.35. The molecule has 2 amide bonds. The number of amides is 2. The van der Waals surface area contributed by atoms with Gasteiger partial charge in [0, 0.05) is 31.3 Å². The van der Waals surface area contributed by atoms with Crippen LogP contribution in [0.4, 0.5) is 5.69 Å². The summed E-state index contributed by atoms with van der Waals surface area (Å²) in [4.78, 5) is 29.5. The lowest BCUT2D eigenvalue weighted by atomic mass is 10.2. The van der Waals surface area contributed by atoms with E-state index >= 15 is 0 Å². The fourth-order valence-electron chi connectivity index (χ4n) is 2.24. The second-order valence-corrected chi connectivity index (χ2v) is 5.04. The summed E-state index contributed by atoms with van der Waals surface area (Å²) in [5.74, 6) is -0.164. The average Bonchev–Trinajstić information content (AvgIpc) is 2.61. The van der Waals surface area contributed by atoms with Gasteiger partial charge in [-0.1, -0.05) is 6.92 Å². The number of carbonyl (C=O) groups is 2. The lowest BCUT2D eigenvalue weighted by Crippen LogP contribution is -2.34. The highest BCUT2D eigenvalue weighted by Crippen LogP contribution is 2.16. The maximum absolute atomic E-state index is 11.9. The van der Waals surface area contributed by atoms with Crippen molar-refractivity contribution in [3.8, 4) is 0 Å². The van der Waals surface area contributed by atoms with Crippen molar-refractivity contribution in [3.05, 3.63) is 24.0 Å². The van der Waals surface area contributed by atoms with Crippen molar-refractivity contribution >= 4 is 17.5 Å². The van der Waals surface area contributed by atoms with Gasteiger partial charge >= 0.3 is 0 Å². The summed E-state index contributed by atoms with van der Waals surface area (Å²) in [5, 5.41) is 3.28. The minimum Gasteiger partial charge on any atom is -0.385 e. The number of likely N-dealkylation sites (tertiary alicyclic amines) is 1. The van der Waals surface area contributed by atoms with E-state index in [9.17, 15) is 9.59 Å². The number of anilines is 1. The number of imide groups is 1. The van der Waals surface area contributed by atoms with Crippen molar-refractivity contribution < 1.29 is 9.59 Å². The molecule has 1 aromatic rings. The van der Waals surface area contributed by atoms with Gasteiger partial charge in [-0.25, -0.2) is 0 Å². The standard InChI is InChI=1S/C15H21N3O2/c1-2-8-16-12-7-9-17-13(10-12)11-18-14(19)5-3-4-6-15(18)20/h7,9-10H,2-6,8,11H2,1H3,(H,16,17). The minimum absolute atomic E-state index is 0.0822.